The molecule has 0 saturated carbocycles. The first-order chi connectivity index (χ1) is 25.5. The number of aliphatic hydroxyl groups is 4. The van der Waals surface area contributed by atoms with Gasteiger partial charge < -0.3 is 30.2 Å². The summed E-state index contributed by atoms with van der Waals surface area (Å²) in [6.07, 6.45) is 0. The number of hydrogen-bond acceptors (Lipinski definition) is 12. The zero-order valence-electron chi connectivity index (χ0n) is 34.8. The summed E-state index contributed by atoms with van der Waals surface area (Å²) in [5.41, 5.74) is 7.03. The molecule has 1 aliphatic heterocycles. The van der Waals surface area contributed by atoms with Crippen molar-refractivity contribution in [2.45, 2.75) is 88.3 Å². The third kappa shape index (κ3) is 15.2. The van der Waals surface area contributed by atoms with Crippen LogP contribution in [0.25, 0.3) is 0 Å². The molecule has 2 aromatic carbocycles. The maximum Gasteiger partial charge on any atom is 0.0558 e. The molecular weight excluding hydrogens is 717 g/mol. The maximum absolute atomic E-state index is 10.1. The van der Waals surface area contributed by atoms with Gasteiger partial charge >= 0.3 is 0 Å². The van der Waals surface area contributed by atoms with Gasteiger partial charge in [0.1, 0.15) is 0 Å². The van der Waals surface area contributed by atoms with E-state index < -0.39 is 0 Å². The lowest BCUT2D eigenvalue weighted by atomic mass is 9.84. The van der Waals surface area contributed by atoms with Gasteiger partial charge in [-0.15, -0.1) is 25.3 Å². The summed E-state index contributed by atoms with van der Waals surface area (Å²) in [7, 11) is 4.29. The van der Waals surface area contributed by atoms with E-state index in [2.05, 4.69) is 109 Å². The number of likely N-dealkylation sites (N-methyl/N-ethyl adjacent to an activating group) is 2. The Labute approximate surface area is 338 Å². The van der Waals surface area contributed by atoms with Gasteiger partial charge in [-0.05, 0) is 58.3 Å². The van der Waals surface area contributed by atoms with Gasteiger partial charge in [0.2, 0.25) is 0 Å². The van der Waals surface area contributed by atoms with Crippen molar-refractivity contribution in [2.75, 3.05) is 119 Å². The minimum atomic E-state index is -0.0547. The van der Waals surface area contributed by atoms with Crippen LogP contribution in [0, 0.1) is 0 Å². The van der Waals surface area contributed by atoms with Gasteiger partial charge in [-0.1, -0.05) is 65.8 Å². The molecule has 0 aliphatic carbocycles. The Balaban J connectivity index is 2.03. The maximum atomic E-state index is 10.1. The first kappa shape index (κ1) is 47.1. The monoisotopic (exact) mass is 791 g/mol. The molecule has 3 rings (SSSR count). The summed E-state index contributed by atoms with van der Waals surface area (Å²) in [5.74, 6) is 0. The van der Waals surface area contributed by atoms with Gasteiger partial charge in [0, 0.05) is 115 Å². The van der Waals surface area contributed by atoms with Gasteiger partial charge in [-0.2, -0.15) is 0 Å². The Morgan fingerprint density at radius 2 is 0.667 bits per heavy atom. The standard InChI is InChI=1S/C42H74N6O4S2/c1-41(2,3)37-25-33-29-45(17-21-49)13-9-43(7)11-15-47(19-23-51)31-35-27-38(42(4,5)6)28-36(40(35)54)32-48(20-24-52)16-12-44(8)10-14-46(18-22-50)30-34(26-37)39(33)53/h25-28,49-54H,9-24,29-32H2,1-8H3. The predicted octanol–water partition coefficient (Wildman–Crippen LogP) is 3.61. The molecule has 1 heterocycles. The summed E-state index contributed by atoms with van der Waals surface area (Å²) in [4.78, 5) is 15.9. The van der Waals surface area contributed by atoms with Crippen LogP contribution in [0.4, 0.5) is 0 Å². The molecule has 1 aliphatic rings. The topological polar surface area (TPSA) is 100 Å². The van der Waals surface area contributed by atoms with Gasteiger partial charge in [0.15, 0.2) is 0 Å². The lowest BCUT2D eigenvalue weighted by Gasteiger charge is -2.31. The van der Waals surface area contributed by atoms with Crippen LogP contribution in [0.1, 0.15) is 74.9 Å². The van der Waals surface area contributed by atoms with Crippen molar-refractivity contribution in [1.82, 2.24) is 29.4 Å². The summed E-state index contributed by atoms with van der Waals surface area (Å²) >= 11 is 10.3. The fourth-order valence-corrected chi connectivity index (χ4v) is 7.49. The van der Waals surface area contributed by atoms with E-state index in [1.54, 1.807) is 0 Å². The lowest BCUT2D eigenvalue weighted by molar-refractivity contribution is 0.149. The molecule has 0 atom stereocenters. The van der Waals surface area contributed by atoms with Crippen molar-refractivity contribution in [3.8, 4) is 0 Å². The summed E-state index contributed by atoms with van der Waals surface area (Å²) in [6.45, 7) is 25.3. The Hall–Kier alpha value is -1.26. The molecule has 4 N–H and O–H groups in total. The number of nitrogens with zero attached hydrogens (tertiary/aromatic N) is 6. The Bertz CT molecular complexity index is 1230. The van der Waals surface area contributed by atoms with Crippen LogP contribution in [0.5, 0.6) is 0 Å². The molecule has 0 aromatic heterocycles. The molecule has 0 radical (unpaired) electrons. The van der Waals surface area contributed by atoms with Gasteiger partial charge in [-0.3, -0.25) is 19.6 Å². The molecule has 0 amide bonds. The van der Waals surface area contributed by atoms with Crippen molar-refractivity contribution in [3.63, 3.8) is 0 Å². The smallest absolute Gasteiger partial charge is 0.0558 e. The second-order valence-electron chi connectivity index (χ2n) is 17.4. The number of rotatable bonds is 8. The van der Waals surface area contributed by atoms with E-state index in [1.165, 1.54) is 11.1 Å². The highest BCUT2D eigenvalue weighted by atomic mass is 32.1. The van der Waals surface area contributed by atoms with E-state index in [-0.39, 0.29) is 37.3 Å². The number of benzene rings is 2. The molecule has 2 aromatic rings. The van der Waals surface area contributed by atoms with E-state index in [0.29, 0.717) is 52.4 Å². The van der Waals surface area contributed by atoms with E-state index in [9.17, 15) is 20.4 Å². The number of aliphatic hydroxyl groups excluding tert-OH is 4. The third-order valence-corrected chi connectivity index (χ3v) is 11.8. The van der Waals surface area contributed by atoms with E-state index in [1.807, 2.05) is 0 Å². The third-order valence-electron chi connectivity index (χ3n) is 10.7. The molecule has 0 saturated heterocycles. The first-order valence-corrected chi connectivity index (χ1v) is 20.8. The molecule has 0 unspecified atom stereocenters. The van der Waals surface area contributed by atoms with Crippen LogP contribution in [0.2, 0.25) is 0 Å². The summed E-state index contributed by atoms with van der Waals surface area (Å²) in [6, 6.07) is 9.15. The average molecular weight is 791 g/mol. The number of hydrogen-bond donors (Lipinski definition) is 6. The van der Waals surface area contributed by atoms with E-state index in [0.717, 1.165) is 84.4 Å². The van der Waals surface area contributed by atoms with Gasteiger partial charge in [-0.25, -0.2) is 0 Å². The minimum Gasteiger partial charge on any atom is -0.395 e. The highest BCUT2D eigenvalue weighted by molar-refractivity contribution is 7.80. The highest BCUT2D eigenvalue weighted by Crippen LogP contribution is 2.32. The van der Waals surface area contributed by atoms with E-state index in [4.69, 9.17) is 25.3 Å². The molecule has 12 heteroatoms. The fraction of sp³-hybridized carbons (Fsp3) is 0.714. The Morgan fingerprint density at radius 1 is 0.444 bits per heavy atom. The number of thiol groups is 2. The van der Waals surface area contributed by atoms with Crippen LogP contribution in [0.3, 0.4) is 0 Å². The van der Waals surface area contributed by atoms with Crippen molar-refractivity contribution in [1.29, 1.82) is 0 Å². The molecule has 308 valence electrons. The van der Waals surface area contributed by atoms with Crippen LogP contribution in [-0.4, -0.2) is 169 Å². The lowest BCUT2D eigenvalue weighted by Crippen LogP contribution is -2.40. The van der Waals surface area contributed by atoms with Crippen molar-refractivity contribution in [2.24, 2.45) is 0 Å². The minimum absolute atomic E-state index is 0.0547. The Morgan fingerprint density at radius 3 is 0.852 bits per heavy atom. The molecular formula is C42H74N6O4S2. The van der Waals surface area contributed by atoms with Crippen molar-refractivity contribution >= 4 is 25.3 Å². The highest BCUT2D eigenvalue weighted by Gasteiger charge is 2.23. The second-order valence-corrected chi connectivity index (χ2v) is 18.3. The summed E-state index contributed by atoms with van der Waals surface area (Å²) < 4.78 is 0. The summed E-state index contributed by atoms with van der Waals surface area (Å²) in [5, 5.41) is 40.3. The zero-order valence-corrected chi connectivity index (χ0v) is 36.6. The SMILES string of the molecule is CN1CCN(CCO)Cc2cc(C(C)(C)C)cc(c2S)CN(CCO)CCN(C)CCN(CCO)Cc2cc(C(C)(C)C)cc(c2S)CN(CCO)CC1. The van der Waals surface area contributed by atoms with Crippen LogP contribution >= 0.6 is 25.3 Å². The molecule has 0 fully saturated rings. The largest absolute Gasteiger partial charge is 0.395 e. The van der Waals surface area contributed by atoms with Crippen LogP contribution < -0.4 is 0 Å². The second kappa shape index (κ2) is 22.6. The Kier molecular flexibility index (Phi) is 19.7. The first-order valence-electron chi connectivity index (χ1n) is 19.9. The average Bonchev–Trinajstić information content (AvgIpc) is 3.09. The fourth-order valence-electron chi connectivity index (χ4n) is 6.95. The normalized spacial score (nSPS) is 18.9. The van der Waals surface area contributed by atoms with Crippen LogP contribution in [-0.2, 0) is 37.0 Å². The van der Waals surface area contributed by atoms with Gasteiger partial charge in [0.25, 0.3) is 0 Å². The molecule has 10 nitrogen and oxygen atoms in total. The van der Waals surface area contributed by atoms with Crippen LogP contribution in [0.15, 0.2) is 34.1 Å². The molecule has 4 bridgehead atoms. The number of β-amino-alcohol motifs (C(OH)–C–C–N with tert-alkyl or cyclic N) is 4. The molecule has 54 heavy (non-hydrogen) atoms. The quantitative estimate of drug-likeness (QED) is 0.223. The number of fused-ring (bicyclic) bond motifs is 4. The van der Waals surface area contributed by atoms with Gasteiger partial charge in [0.05, 0.1) is 26.4 Å². The molecule has 0 spiro atoms. The van der Waals surface area contributed by atoms with Crippen molar-refractivity contribution in [3.05, 3.63) is 57.6 Å². The predicted molar refractivity (Wildman–Crippen MR) is 229 cm³/mol. The van der Waals surface area contributed by atoms with Crippen molar-refractivity contribution < 1.29 is 20.4 Å². The zero-order chi connectivity index (χ0) is 40.1. The van der Waals surface area contributed by atoms with E-state index >= 15 is 0 Å².